The maximum atomic E-state index is 13.0. The molecule has 0 aromatic heterocycles. The zero-order valence-corrected chi connectivity index (χ0v) is 16.5. The van der Waals surface area contributed by atoms with E-state index in [0.29, 0.717) is 30.3 Å². The van der Waals surface area contributed by atoms with E-state index in [1.165, 1.54) is 35.6 Å². The topological polar surface area (TPSA) is 116 Å². The summed E-state index contributed by atoms with van der Waals surface area (Å²) in [6, 6.07) is 9.74. The molecule has 1 atom stereocenters. The molecule has 2 N–H and O–H groups in total. The summed E-state index contributed by atoms with van der Waals surface area (Å²) in [5.41, 5.74) is 0.631. The molecule has 0 saturated heterocycles. The van der Waals surface area contributed by atoms with Crippen molar-refractivity contribution < 1.29 is 26.3 Å². The summed E-state index contributed by atoms with van der Waals surface area (Å²) in [6.07, 6.45) is 0. The fraction of sp³-hybridized carbons (Fsp3) is 0.294. The number of sulfonamides is 2. The standard InChI is InChI=1S/C17H20N2O6S2/c1-12(13-3-5-14(6-4-13)26(18,20)21)19(2)27(22,23)15-7-8-16-17(11-15)25-10-9-24-16/h3-8,11-12H,9-10H2,1-2H3,(H2,18,20,21). The minimum atomic E-state index is -3.80. The van der Waals surface area contributed by atoms with Crippen LogP contribution >= 0.6 is 0 Å². The molecule has 8 nitrogen and oxygen atoms in total. The summed E-state index contributed by atoms with van der Waals surface area (Å²) in [4.78, 5) is 0.0538. The van der Waals surface area contributed by atoms with Crippen LogP contribution in [0.25, 0.3) is 0 Å². The Hall–Kier alpha value is -2.14. The second-order valence-corrected chi connectivity index (χ2v) is 9.68. The molecule has 10 heteroatoms. The molecule has 27 heavy (non-hydrogen) atoms. The number of ether oxygens (including phenoxy) is 2. The van der Waals surface area contributed by atoms with Gasteiger partial charge in [-0.3, -0.25) is 0 Å². The van der Waals surface area contributed by atoms with Crippen molar-refractivity contribution in [2.24, 2.45) is 5.14 Å². The highest BCUT2D eigenvalue weighted by atomic mass is 32.2. The van der Waals surface area contributed by atoms with Gasteiger partial charge in [0.2, 0.25) is 20.0 Å². The highest BCUT2D eigenvalue weighted by Gasteiger charge is 2.28. The Morgan fingerprint density at radius 2 is 1.48 bits per heavy atom. The van der Waals surface area contributed by atoms with E-state index in [2.05, 4.69) is 0 Å². The molecule has 0 amide bonds. The van der Waals surface area contributed by atoms with Gasteiger partial charge in [-0.05, 0) is 36.8 Å². The Morgan fingerprint density at radius 3 is 2.07 bits per heavy atom. The number of fused-ring (bicyclic) bond motifs is 1. The number of rotatable bonds is 5. The third-order valence-electron chi connectivity index (χ3n) is 4.43. The van der Waals surface area contributed by atoms with Gasteiger partial charge in [0.05, 0.1) is 9.79 Å². The molecule has 0 saturated carbocycles. The third-order valence-corrected chi connectivity index (χ3v) is 7.28. The van der Waals surface area contributed by atoms with Gasteiger partial charge in [0.25, 0.3) is 0 Å². The summed E-state index contributed by atoms with van der Waals surface area (Å²) in [5, 5.41) is 5.09. The van der Waals surface area contributed by atoms with Crippen LogP contribution in [0.2, 0.25) is 0 Å². The van der Waals surface area contributed by atoms with Crippen LogP contribution in [0.5, 0.6) is 11.5 Å². The molecule has 2 aromatic carbocycles. The van der Waals surface area contributed by atoms with Crippen molar-refractivity contribution in [1.82, 2.24) is 4.31 Å². The van der Waals surface area contributed by atoms with E-state index in [9.17, 15) is 16.8 Å². The Balaban J connectivity index is 1.88. The van der Waals surface area contributed by atoms with Crippen LogP contribution in [-0.2, 0) is 20.0 Å². The fourth-order valence-corrected chi connectivity index (χ4v) is 4.59. The van der Waals surface area contributed by atoms with E-state index >= 15 is 0 Å². The lowest BCUT2D eigenvalue weighted by atomic mass is 10.1. The summed E-state index contributed by atoms with van der Waals surface area (Å²) in [5.74, 6) is 0.898. The summed E-state index contributed by atoms with van der Waals surface area (Å²) < 4.78 is 60.7. The smallest absolute Gasteiger partial charge is 0.243 e. The normalized spacial score (nSPS) is 15.6. The molecular weight excluding hydrogens is 392 g/mol. The van der Waals surface area contributed by atoms with Crippen LogP contribution in [0.3, 0.4) is 0 Å². The quantitative estimate of drug-likeness (QED) is 0.795. The van der Waals surface area contributed by atoms with Gasteiger partial charge in [-0.2, -0.15) is 4.31 Å². The van der Waals surface area contributed by atoms with Crippen LogP contribution in [0.15, 0.2) is 52.3 Å². The molecule has 0 radical (unpaired) electrons. The Morgan fingerprint density at radius 1 is 0.926 bits per heavy atom. The maximum absolute atomic E-state index is 13.0. The molecule has 2 aromatic rings. The number of benzene rings is 2. The van der Waals surface area contributed by atoms with Gasteiger partial charge in [-0.25, -0.2) is 22.0 Å². The van der Waals surface area contributed by atoms with Gasteiger partial charge in [0, 0.05) is 19.2 Å². The molecule has 1 aliphatic rings. The van der Waals surface area contributed by atoms with Gasteiger partial charge in [-0.15, -0.1) is 0 Å². The molecule has 0 spiro atoms. The van der Waals surface area contributed by atoms with Crippen molar-refractivity contribution in [3.8, 4) is 11.5 Å². The lowest BCUT2D eigenvalue weighted by Gasteiger charge is -2.26. The van der Waals surface area contributed by atoms with Gasteiger partial charge < -0.3 is 9.47 Å². The second-order valence-electron chi connectivity index (χ2n) is 6.12. The van der Waals surface area contributed by atoms with Crippen molar-refractivity contribution in [2.45, 2.75) is 22.8 Å². The molecule has 146 valence electrons. The lowest BCUT2D eigenvalue weighted by molar-refractivity contribution is 0.171. The number of nitrogens with two attached hydrogens (primary N) is 1. The van der Waals surface area contributed by atoms with Crippen molar-refractivity contribution in [1.29, 1.82) is 0 Å². The van der Waals surface area contributed by atoms with E-state index in [4.69, 9.17) is 14.6 Å². The molecule has 1 heterocycles. The van der Waals surface area contributed by atoms with Gasteiger partial charge in [0.1, 0.15) is 13.2 Å². The van der Waals surface area contributed by atoms with Crippen LogP contribution < -0.4 is 14.6 Å². The molecule has 0 aliphatic carbocycles. The second kappa shape index (κ2) is 7.12. The minimum Gasteiger partial charge on any atom is -0.486 e. The highest BCUT2D eigenvalue weighted by Crippen LogP contribution is 2.34. The van der Waals surface area contributed by atoms with Gasteiger partial charge in [0.15, 0.2) is 11.5 Å². The van der Waals surface area contributed by atoms with E-state index in [-0.39, 0.29) is 9.79 Å². The zero-order valence-electron chi connectivity index (χ0n) is 14.8. The van der Waals surface area contributed by atoms with Crippen molar-refractivity contribution >= 4 is 20.0 Å². The van der Waals surface area contributed by atoms with Crippen molar-refractivity contribution in [2.75, 3.05) is 20.3 Å². The van der Waals surface area contributed by atoms with Crippen molar-refractivity contribution in [3.05, 3.63) is 48.0 Å². The Kier molecular flexibility index (Phi) is 5.17. The highest BCUT2D eigenvalue weighted by molar-refractivity contribution is 7.89. The number of nitrogens with zero attached hydrogens (tertiary/aromatic N) is 1. The van der Waals surface area contributed by atoms with Gasteiger partial charge in [-0.1, -0.05) is 12.1 Å². The SMILES string of the molecule is CC(c1ccc(S(N)(=O)=O)cc1)N(C)S(=O)(=O)c1ccc2c(c1)OCCO2. The van der Waals surface area contributed by atoms with Crippen LogP contribution in [0.1, 0.15) is 18.5 Å². The average Bonchev–Trinajstić information content (AvgIpc) is 2.65. The Labute approximate surface area is 158 Å². The summed E-state index contributed by atoms with van der Waals surface area (Å²) >= 11 is 0. The summed E-state index contributed by atoms with van der Waals surface area (Å²) in [6.45, 7) is 2.49. The van der Waals surface area contributed by atoms with E-state index < -0.39 is 26.1 Å². The number of hydrogen-bond donors (Lipinski definition) is 1. The minimum absolute atomic E-state index is 0.0317. The van der Waals surface area contributed by atoms with E-state index in [0.717, 1.165) is 0 Å². The van der Waals surface area contributed by atoms with Gasteiger partial charge >= 0.3 is 0 Å². The number of primary sulfonamides is 1. The van der Waals surface area contributed by atoms with Crippen LogP contribution in [-0.4, -0.2) is 41.4 Å². The Bertz CT molecular complexity index is 1050. The molecule has 1 aliphatic heterocycles. The first kappa shape index (κ1) is 19.6. The first-order valence-corrected chi connectivity index (χ1v) is 11.1. The maximum Gasteiger partial charge on any atom is 0.243 e. The fourth-order valence-electron chi connectivity index (χ4n) is 2.70. The van der Waals surface area contributed by atoms with Crippen LogP contribution in [0, 0.1) is 0 Å². The van der Waals surface area contributed by atoms with Crippen molar-refractivity contribution in [3.63, 3.8) is 0 Å². The molecular formula is C17H20N2O6S2. The number of hydrogen-bond acceptors (Lipinski definition) is 6. The lowest BCUT2D eigenvalue weighted by Crippen LogP contribution is -2.30. The molecule has 0 bridgehead atoms. The first-order chi connectivity index (χ1) is 12.6. The first-order valence-electron chi connectivity index (χ1n) is 8.11. The predicted molar refractivity (Wildman–Crippen MR) is 98.6 cm³/mol. The third kappa shape index (κ3) is 3.93. The molecule has 0 fully saturated rings. The van der Waals surface area contributed by atoms with E-state index in [1.54, 1.807) is 25.1 Å². The molecule has 3 rings (SSSR count). The van der Waals surface area contributed by atoms with E-state index in [1.807, 2.05) is 0 Å². The molecule has 1 unspecified atom stereocenters. The average molecular weight is 412 g/mol. The predicted octanol–water partition coefficient (Wildman–Crippen LogP) is 1.49. The van der Waals surface area contributed by atoms with Crippen LogP contribution in [0.4, 0.5) is 0 Å². The largest absolute Gasteiger partial charge is 0.486 e. The summed E-state index contributed by atoms with van der Waals surface area (Å²) in [7, 11) is -6.14. The monoisotopic (exact) mass is 412 g/mol. The zero-order chi connectivity index (χ0) is 19.8.